The van der Waals surface area contributed by atoms with Gasteiger partial charge in [-0.15, -0.1) is 0 Å². The van der Waals surface area contributed by atoms with E-state index in [1.54, 1.807) is 6.20 Å². The van der Waals surface area contributed by atoms with Crippen LogP contribution in [0.4, 0.5) is 0 Å². The van der Waals surface area contributed by atoms with Gasteiger partial charge < -0.3 is 10.4 Å². The number of aliphatic hydroxyl groups is 1. The van der Waals surface area contributed by atoms with Crippen LogP contribution in [0, 0.1) is 0 Å². The lowest BCUT2D eigenvalue weighted by molar-refractivity contribution is 0.281. The van der Waals surface area contributed by atoms with Crippen LogP contribution < -0.4 is 5.32 Å². The van der Waals surface area contributed by atoms with Crippen LogP contribution in [0.15, 0.2) is 18.3 Å². The molecule has 16 heavy (non-hydrogen) atoms. The Bertz CT molecular complexity index is 281. The van der Waals surface area contributed by atoms with Crippen molar-refractivity contribution < 1.29 is 5.11 Å². The van der Waals surface area contributed by atoms with Gasteiger partial charge >= 0.3 is 0 Å². The van der Waals surface area contributed by atoms with Crippen molar-refractivity contribution in [3.63, 3.8) is 0 Å². The normalized spacial score (nSPS) is 15.7. The number of hydrogen-bond acceptors (Lipinski definition) is 4. The van der Waals surface area contributed by atoms with Crippen molar-refractivity contribution in [1.29, 1.82) is 0 Å². The summed E-state index contributed by atoms with van der Waals surface area (Å²) < 4.78 is 0. The number of pyridine rings is 1. The van der Waals surface area contributed by atoms with Gasteiger partial charge in [-0.1, -0.05) is 19.9 Å². The summed E-state index contributed by atoms with van der Waals surface area (Å²) in [4.78, 5) is 6.59. The van der Waals surface area contributed by atoms with E-state index in [1.807, 2.05) is 26.0 Å². The number of rotatable bonds is 3. The molecule has 1 fully saturated rings. The second kappa shape index (κ2) is 7.33. The molecule has 1 aromatic rings. The molecule has 0 bridgehead atoms. The standard InChI is InChI=1S/C10H15N3O.C2H6/c14-7-9-1-2-10(12-5-9)6-13-4-3-11-8-13;1-2/h1-2,5,11,14H,3-4,6-8H2;1-2H3. The van der Waals surface area contributed by atoms with E-state index in [2.05, 4.69) is 15.2 Å². The van der Waals surface area contributed by atoms with Crippen LogP contribution in [0.1, 0.15) is 25.1 Å². The number of hydrogen-bond donors (Lipinski definition) is 2. The van der Waals surface area contributed by atoms with Crippen LogP contribution in [-0.2, 0) is 13.2 Å². The van der Waals surface area contributed by atoms with E-state index in [0.29, 0.717) is 0 Å². The third kappa shape index (κ3) is 3.89. The highest BCUT2D eigenvalue weighted by molar-refractivity contribution is 5.13. The predicted octanol–water partition coefficient (Wildman–Crippen LogP) is 0.963. The third-order valence-corrected chi connectivity index (χ3v) is 2.39. The second-order valence-corrected chi connectivity index (χ2v) is 3.53. The minimum Gasteiger partial charge on any atom is -0.392 e. The molecule has 1 aliphatic heterocycles. The Labute approximate surface area is 97.3 Å². The van der Waals surface area contributed by atoms with E-state index in [4.69, 9.17) is 5.11 Å². The molecule has 4 heteroatoms. The van der Waals surface area contributed by atoms with Gasteiger partial charge in [-0.25, -0.2) is 0 Å². The quantitative estimate of drug-likeness (QED) is 0.801. The van der Waals surface area contributed by atoms with Crippen molar-refractivity contribution in [3.8, 4) is 0 Å². The summed E-state index contributed by atoms with van der Waals surface area (Å²) in [6.07, 6.45) is 1.73. The minimum atomic E-state index is 0.0680. The van der Waals surface area contributed by atoms with Crippen LogP contribution in [0.25, 0.3) is 0 Å². The SMILES string of the molecule is CC.OCc1ccc(CN2CCNC2)nc1. The lowest BCUT2D eigenvalue weighted by Gasteiger charge is -2.12. The number of nitrogens with one attached hydrogen (secondary N) is 1. The van der Waals surface area contributed by atoms with E-state index >= 15 is 0 Å². The molecule has 0 unspecified atom stereocenters. The Morgan fingerprint density at radius 1 is 1.44 bits per heavy atom. The molecule has 1 aromatic heterocycles. The predicted molar refractivity (Wildman–Crippen MR) is 64.8 cm³/mol. The first kappa shape index (κ1) is 13.1. The van der Waals surface area contributed by atoms with Crippen molar-refractivity contribution in [3.05, 3.63) is 29.6 Å². The van der Waals surface area contributed by atoms with Crippen LogP contribution in [0.2, 0.25) is 0 Å². The average Bonchev–Trinajstić information content (AvgIpc) is 2.86. The van der Waals surface area contributed by atoms with Crippen molar-refractivity contribution in [2.24, 2.45) is 0 Å². The maximum Gasteiger partial charge on any atom is 0.0696 e. The molecule has 2 rings (SSSR count). The van der Waals surface area contributed by atoms with Crippen molar-refractivity contribution in [2.45, 2.75) is 27.0 Å². The van der Waals surface area contributed by atoms with Crippen molar-refractivity contribution in [2.75, 3.05) is 19.8 Å². The zero-order valence-electron chi connectivity index (χ0n) is 10.1. The van der Waals surface area contributed by atoms with Crippen molar-refractivity contribution in [1.82, 2.24) is 15.2 Å². The molecule has 0 amide bonds. The molecule has 2 heterocycles. The Hall–Kier alpha value is -0.970. The molecule has 1 aliphatic rings. The van der Waals surface area contributed by atoms with Gasteiger partial charge in [0.05, 0.1) is 12.3 Å². The maximum absolute atomic E-state index is 8.85. The largest absolute Gasteiger partial charge is 0.392 e. The monoisotopic (exact) mass is 223 g/mol. The third-order valence-electron chi connectivity index (χ3n) is 2.39. The first-order valence-electron chi connectivity index (χ1n) is 5.86. The van der Waals surface area contributed by atoms with E-state index in [9.17, 15) is 0 Å². The first-order chi connectivity index (χ1) is 7.88. The highest BCUT2D eigenvalue weighted by atomic mass is 16.3. The Balaban J connectivity index is 0.000000606. The van der Waals surface area contributed by atoms with E-state index < -0.39 is 0 Å². The molecular formula is C12H21N3O. The molecule has 2 N–H and O–H groups in total. The highest BCUT2D eigenvalue weighted by Gasteiger charge is 2.11. The maximum atomic E-state index is 8.85. The molecule has 0 radical (unpaired) electrons. The zero-order chi connectivity index (χ0) is 11.8. The summed E-state index contributed by atoms with van der Waals surface area (Å²) in [6.45, 7) is 8.05. The Morgan fingerprint density at radius 2 is 2.25 bits per heavy atom. The highest BCUT2D eigenvalue weighted by Crippen LogP contribution is 2.04. The van der Waals surface area contributed by atoms with E-state index in [-0.39, 0.29) is 6.61 Å². The minimum absolute atomic E-state index is 0.0680. The fraction of sp³-hybridized carbons (Fsp3) is 0.583. The van der Waals surface area contributed by atoms with Gasteiger partial charge in [0.2, 0.25) is 0 Å². The molecule has 0 atom stereocenters. The summed E-state index contributed by atoms with van der Waals surface area (Å²) in [5.74, 6) is 0. The second-order valence-electron chi connectivity index (χ2n) is 3.53. The first-order valence-corrected chi connectivity index (χ1v) is 5.86. The average molecular weight is 223 g/mol. The van der Waals surface area contributed by atoms with Crippen LogP contribution in [0.5, 0.6) is 0 Å². The molecule has 1 saturated heterocycles. The number of aromatic nitrogens is 1. The topological polar surface area (TPSA) is 48.4 Å². The summed E-state index contributed by atoms with van der Waals surface area (Å²) in [5.41, 5.74) is 1.93. The molecule has 90 valence electrons. The smallest absolute Gasteiger partial charge is 0.0696 e. The Kier molecular flexibility index (Phi) is 6.00. The molecule has 0 aliphatic carbocycles. The van der Waals surface area contributed by atoms with Crippen LogP contribution in [-0.4, -0.2) is 34.7 Å². The van der Waals surface area contributed by atoms with Crippen LogP contribution >= 0.6 is 0 Å². The van der Waals surface area contributed by atoms with E-state index in [1.165, 1.54) is 0 Å². The zero-order valence-corrected chi connectivity index (χ0v) is 10.1. The summed E-state index contributed by atoms with van der Waals surface area (Å²) in [6, 6.07) is 3.90. The molecule has 0 saturated carbocycles. The lowest BCUT2D eigenvalue weighted by atomic mass is 10.2. The van der Waals surface area contributed by atoms with Gasteiger partial charge in [0.25, 0.3) is 0 Å². The van der Waals surface area contributed by atoms with Gasteiger partial charge in [-0.2, -0.15) is 0 Å². The van der Waals surface area contributed by atoms with Gasteiger partial charge in [-0.3, -0.25) is 9.88 Å². The van der Waals surface area contributed by atoms with Gasteiger partial charge in [0.15, 0.2) is 0 Å². The molecule has 0 spiro atoms. The summed E-state index contributed by atoms with van der Waals surface area (Å²) in [7, 11) is 0. The van der Waals surface area contributed by atoms with Gasteiger partial charge in [0, 0.05) is 32.5 Å². The number of aliphatic hydroxyl groups excluding tert-OH is 1. The molecular weight excluding hydrogens is 202 g/mol. The van der Waals surface area contributed by atoms with Crippen molar-refractivity contribution >= 4 is 0 Å². The number of nitrogens with zero attached hydrogens (tertiary/aromatic N) is 2. The fourth-order valence-corrected chi connectivity index (χ4v) is 1.56. The Morgan fingerprint density at radius 3 is 2.75 bits per heavy atom. The summed E-state index contributed by atoms with van der Waals surface area (Å²) >= 11 is 0. The molecule has 4 nitrogen and oxygen atoms in total. The molecule has 0 aromatic carbocycles. The summed E-state index contributed by atoms with van der Waals surface area (Å²) in [5, 5.41) is 12.1. The fourth-order valence-electron chi connectivity index (χ4n) is 1.56. The van der Waals surface area contributed by atoms with Crippen LogP contribution in [0.3, 0.4) is 0 Å². The lowest BCUT2D eigenvalue weighted by Crippen LogP contribution is -2.21. The van der Waals surface area contributed by atoms with Gasteiger partial charge in [-0.05, 0) is 11.6 Å². The van der Waals surface area contributed by atoms with Gasteiger partial charge in [0.1, 0.15) is 0 Å². The van der Waals surface area contributed by atoms with E-state index in [0.717, 1.165) is 37.6 Å².